The topological polar surface area (TPSA) is 52.6 Å². The molecule has 1 atom stereocenters. The van der Waals surface area contributed by atoms with Crippen molar-refractivity contribution in [3.63, 3.8) is 0 Å². The molecule has 1 rings (SSSR count). The highest BCUT2D eigenvalue weighted by atomic mass is 35.5. The maximum atomic E-state index is 10.9. The molecule has 0 aromatic rings. The first-order valence-electron chi connectivity index (χ1n) is 6.13. The van der Waals surface area contributed by atoms with Crippen LogP contribution in [-0.2, 0) is 19.1 Å². The van der Waals surface area contributed by atoms with Crippen LogP contribution in [-0.4, -0.2) is 24.1 Å². The number of halogens is 1. The second kappa shape index (κ2) is 7.41. The van der Waals surface area contributed by atoms with Crippen LogP contribution in [0.3, 0.4) is 0 Å². The summed E-state index contributed by atoms with van der Waals surface area (Å²) in [6.07, 6.45) is 4.80. The first-order valence-corrected chi connectivity index (χ1v) is 6.57. The molecule has 0 aromatic carbocycles. The van der Waals surface area contributed by atoms with Gasteiger partial charge in [-0.3, -0.25) is 4.79 Å². The van der Waals surface area contributed by atoms with Gasteiger partial charge in [0.05, 0.1) is 6.61 Å². The van der Waals surface area contributed by atoms with E-state index in [1.165, 1.54) is 13.0 Å². The van der Waals surface area contributed by atoms with Crippen LogP contribution in [0.25, 0.3) is 0 Å². The van der Waals surface area contributed by atoms with Crippen molar-refractivity contribution in [1.82, 2.24) is 0 Å². The molecule has 0 bridgehead atoms. The van der Waals surface area contributed by atoms with Gasteiger partial charge in [0, 0.05) is 18.9 Å². The third-order valence-corrected chi connectivity index (χ3v) is 3.61. The van der Waals surface area contributed by atoms with Crippen LogP contribution < -0.4 is 0 Å². The van der Waals surface area contributed by atoms with Crippen LogP contribution >= 0.6 is 11.6 Å². The third kappa shape index (κ3) is 5.08. The molecular formula is C13H19ClO4. The van der Waals surface area contributed by atoms with E-state index >= 15 is 0 Å². The van der Waals surface area contributed by atoms with Crippen LogP contribution in [0.1, 0.15) is 32.6 Å². The van der Waals surface area contributed by atoms with E-state index in [0.29, 0.717) is 12.5 Å². The van der Waals surface area contributed by atoms with Crippen molar-refractivity contribution in [1.29, 1.82) is 0 Å². The number of esters is 2. The predicted octanol–water partition coefficient (Wildman–Crippen LogP) is 2.65. The summed E-state index contributed by atoms with van der Waals surface area (Å²) in [6, 6.07) is 0. The standard InChI is InChI=1S/C13H19ClO4/c1-3-12(16)17-8-10-4-6-11(7-5-10)13(14)18-9(2)15/h3,10-11,13H,1,4-8H2,2H3. The highest BCUT2D eigenvalue weighted by molar-refractivity contribution is 6.20. The summed E-state index contributed by atoms with van der Waals surface area (Å²) in [5, 5.41) is 0. The average molecular weight is 275 g/mol. The zero-order chi connectivity index (χ0) is 13.5. The normalized spacial score (nSPS) is 25.0. The molecular weight excluding hydrogens is 256 g/mol. The molecule has 0 amide bonds. The highest BCUT2D eigenvalue weighted by Gasteiger charge is 2.28. The minimum absolute atomic E-state index is 0.196. The van der Waals surface area contributed by atoms with Crippen molar-refractivity contribution in [2.24, 2.45) is 11.8 Å². The molecule has 1 aliphatic carbocycles. The van der Waals surface area contributed by atoms with Gasteiger partial charge in [-0.2, -0.15) is 0 Å². The molecule has 0 N–H and O–H groups in total. The van der Waals surface area contributed by atoms with Crippen molar-refractivity contribution >= 4 is 23.5 Å². The van der Waals surface area contributed by atoms with E-state index in [1.54, 1.807) is 0 Å². The van der Waals surface area contributed by atoms with E-state index in [1.807, 2.05) is 0 Å². The molecule has 1 aliphatic rings. The maximum absolute atomic E-state index is 10.9. The lowest BCUT2D eigenvalue weighted by atomic mass is 9.82. The van der Waals surface area contributed by atoms with Gasteiger partial charge in [0.25, 0.3) is 0 Å². The van der Waals surface area contributed by atoms with Gasteiger partial charge in [0.2, 0.25) is 0 Å². The molecule has 0 heterocycles. The molecule has 0 aliphatic heterocycles. The minimum atomic E-state index is -0.542. The average Bonchev–Trinajstić information content (AvgIpc) is 2.35. The van der Waals surface area contributed by atoms with Crippen molar-refractivity contribution in [2.75, 3.05) is 6.61 Å². The van der Waals surface area contributed by atoms with Gasteiger partial charge in [-0.05, 0) is 31.6 Å². The number of ether oxygens (including phenoxy) is 2. The van der Waals surface area contributed by atoms with Gasteiger partial charge in [0.1, 0.15) is 0 Å². The summed E-state index contributed by atoms with van der Waals surface area (Å²) in [5.74, 6) is -0.169. The van der Waals surface area contributed by atoms with E-state index < -0.39 is 5.56 Å². The van der Waals surface area contributed by atoms with Crippen LogP contribution in [0.5, 0.6) is 0 Å². The van der Waals surface area contributed by atoms with Crippen LogP contribution in [0.15, 0.2) is 12.7 Å². The molecule has 18 heavy (non-hydrogen) atoms. The Morgan fingerprint density at radius 2 is 2.00 bits per heavy atom. The highest BCUT2D eigenvalue weighted by Crippen LogP contribution is 2.33. The van der Waals surface area contributed by atoms with Crippen LogP contribution in [0.4, 0.5) is 0 Å². The lowest BCUT2D eigenvalue weighted by Crippen LogP contribution is -2.27. The van der Waals surface area contributed by atoms with Crippen LogP contribution in [0.2, 0.25) is 0 Å². The minimum Gasteiger partial charge on any atom is -0.462 e. The largest absolute Gasteiger partial charge is 0.462 e. The monoisotopic (exact) mass is 274 g/mol. The zero-order valence-corrected chi connectivity index (χ0v) is 11.3. The van der Waals surface area contributed by atoms with Gasteiger partial charge < -0.3 is 9.47 Å². The number of alkyl halides is 1. The molecule has 0 radical (unpaired) electrons. The van der Waals surface area contributed by atoms with Crippen molar-refractivity contribution in [3.05, 3.63) is 12.7 Å². The van der Waals surface area contributed by atoms with Gasteiger partial charge >= 0.3 is 11.9 Å². The van der Waals surface area contributed by atoms with Crippen molar-refractivity contribution in [3.8, 4) is 0 Å². The zero-order valence-electron chi connectivity index (χ0n) is 10.6. The summed E-state index contributed by atoms with van der Waals surface area (Å²) < 4.78 is 9.98. The fraction of sp³-hybridized carbons (Fsp3) is 0.692. The lowest BCUT2D eigenvalue weighted by Gasteiger charge is -2.30. The molecule has 0 spiro atoms. The number of carbonyl (C=O) groups is 2. The number of hydrogen-bond donors (Lipinski definition) is 0. The molecule has 0 saturated heterocycles. The Morgan fingerprint density at radius 3 is 2.50 bits per heavy atom. The summed E-state index contributed by atoms with van der Waals surface area (Å²) in [5.41, 5.74) is -0.542. The number of hydrogen-bond acceptors (Lipinski definition) is 4. The SMILES string of the molecule is C=CC(=O)OCC1CCC(C(Cl)OC(C)=O)CC1. The van der Waals surface area contributed by atoms with Crippen LogP contribution in [0, 0.1) is 11.8 Å². The van der Waals surface area contributed by atoms with Gasteiger partial charge in [0.15, 0.2) is 5.56 Å². The number of carbonyl (C=O) groups excluding carboxylic acids is 2. The Bertz CT molecular complexity index is 308. The third-order valence-electron chi connectivity index (χ3n) is 3.17. The Labute approximate surface area is 112 Å². The second-order valence-electron chi connectivity index (χ2n) is 4.58. The Hall–Kier alpha value is -1.03. The summed E-state index contributed by atoms with van der Waals surface area (Å²) in [6.45, 7) is 5.13. The fourth-order valence-corrected chi connectivity index (χ4v) is 2.51. The second-order valence-corrected chi connectivity index (χ2v) is 5.01. The van der Waals surface area contributed by atoms with Gasteiger partial charge in [-0.1, -0.05) is 18.2 Å². The Balaban J connectivity index is 2.25. The maximum Gasteiger partial charge on any atom is 0.330 e. The fourth-order valence-electron chi connectivity index (χ4n) is 2.13. The summed E-state index contributed by atoms with van der Waals surface area (Å²) >= 11 is 6.01. The summed E-state index contributed by atoms with van der Waals surface area (Å²) in [7, 11) is 0. The molecule has 5 heteroatoms. The quantitative estimate of drug-likeness (QED) is 0.439. The molecule has 0 aromatic heterocycles. The lowest BCUT2D eigenvalue weighted by molar-refractivity contribution is -0.146. The van der Waals surface area contributed by atoms with E-state index in [2.05, 4.69) is 6.58 Å². The molecule has 1 unspecified atom stereocenters. The molecule has 1 saturated carbocycles. The van der Waals surface area contributed by atoms with Crippen molar-refractivity contribution in [2.45, 2.75) is 38.2 Å². The first-order chi connectivity index (χ1) is 8.52. The molecule has 1 fully saturated rings. The first kappa shape index (κ1) is 15.0. The van der Waals surface area contributed by atoms with Crippen molar-refractivity contribution < 1.29 is 19.1 Å². The van der Waals surface area contributed by atoms with E-state index in [4.69, 9.17) is 21.1 Å². The smallest absolute Gasteiger partial charge is 0.330 e. The van der Waals surface area contributed by atoms with E-state index in [9.17, 15) is 9.59 Å². The predicted molar refractivity (Wildman–Crippen MR) is 68.0 cm³/mol. The summed E-state index contributed by atoms with van der Waals surface area (Å²) in [4.78, 5) is 21.7. The van der Waals surface area contributed by atoms with Gasteiger partial charge in [-0.25, -0.2) is 4.79 Å². The Morgan fingerprint density at radius 1 is 1.39 bits per heavy atom. The van der Waals surface area contributed by atoms with Gasteiger partial charge in [-0.15, -0.1) is 0 Å². The number of rotatable bonds is 5. The molecule has 4 nitrogen and oxygen atoms in total. The van der Waals surface area contributed by atoms with E-state index in [-0.39, 0.29) is 17.9 Å². The van der Waals surface area contributed by atoms with E-state index in [0.717, 1.165) is 25.7 Å². The Kier molecular flexibility index (Phi) is 6.19. The molecule has 102 valence electrons.